The van der Waals surface area contributed by atoms with Crippen LogP contribution in [0.1, 0.15) is 12.8 Å². The lowest BCUT2D eigenvalue weighted by molar-refractivity contribution is -0.124. The number of nitrogens with one attached hydrogen (secondary N) is 1. The van der Waals surface area contributed by atoms with E-state index in [4.69, 9.17) is 10.5 Å². The largest absolute Gasteiger partial charge is 0.381 e. The molecule has 2 rings (SSSR count). The Morgan fingerprint density at radius 1 is 1.30 bits per heavy atom. The highest BCUT2D eigenvalue weighted by Crippen LogP contribution is 2.22. The van der Waals surface area contributed by atoms with Gasteiger partial charge in [-0.3, -0.25) is 4.79 Å². The topological polar surface area (TPSA) is 102 Å². The molecule has 0 radical (unpaired) electrons. The first kappa shape index (κ1) is 19.9. The summed E-state index contributed by atoms with van der Waals surface area (Å²) in [5, 5.41) is 2.70. The summed E-state index contributed by atoms with van der Waals surface area (Å²) in [5.74, 6) is -0.324. The van der Waals surface area contributed by atoms with Crippen molar-refractivity contribution in [1.29, 1.82) is 0 Å². The van der Waals surface area contributed by atoms with Crippen LogP contribution in [0.15, 0.2) is 29.2 Å². The Bertz CT molecular complexity index is 658. The standard InChI is InChI=1S/C14H21N3O4S.ClH/c1-17(2)22(19,20)12-5-3-4-11(10-12)16-13(18)14(15)6-8-21-9-7-14;/h3-5,10H,6-9,15H2,1-2H3,(H,16,18);1H. The Labute approximate surface area is 142 Å². The molecular formula is C14H22ClN3O4S. The molecule has 130 valence electrons. The highest BCUT2D eigenvalue weighted by molar-refractivity contribution is 7.89. The molecule has 1 aliphatic rings. The van der Waals surface area contributed by atoms with Gasteiger partial charge in [0, 0.05) is 33.0 Å². The second-order valence-corrected chi connectivity index (χ2v) is 7.69. The Balaban J connectivity index is 0.00000264. The average molecular weight is 364 g/mol. The smallest absolute Gasteiger partial charge is 0.244 e. The number of carbonyl (C=O) groups is 1. The van der Waals surface area contributed by atoms with Crippen LogP contribution in [0.25, 0.3) is 0 Å². The summed E-state index contributed by atoms with van der Waals surface area (Å²) >= 11 is 0. The number of ether oxygens (including phenoxy) is 1. The summed E-state index contributed by atoms with van der Waals surface area (Å²) in [6.45, 7) is 0.887. The van der Waals surface area contributed by atoms with E-state index < -0.39 is 15.6 Å². The van der Waals surface area contributed by atoms with Gasteiger partial charge in [-0.25, -0.2) is 12.7 Å². The van der Waals surface area contributed by atoms with E-state index in [1.54, 1.807) is 12.1 Å². The summed E-state index contributed by atoms with van der Waals surface area (Å²) in [6.07, 6.45) is 0.878. The van der Waals surface area contributed by atoms with Gasteiger partial charge in [-0.15, -0.1) is 12.4 Å². The van der Waals surface area contributed by atoms with E-state index in [0.717, 1.165) is 4.31 Å². The van der Waals surface area contributed by atoms with Crippen LogP contribution in [0.3, 0.4) is 0 Å². The van der Waals surface area contributed by atoms with E-state index in [0.29, 0.717) is 31.7 Å². The molecule has 0 aromatic heterocycles. The maximum Gasteiger partial charge on any atom is 0.244 e. The quantitative estimate of drug-likeness (QED) is 0.824. The number of benzene rings is 1. The SMILES string of the molecule is CN(C)S(=O)(=O)c1cccc(NC(=O)C2(N)CCOCC2)c1.Cl. The van der Waals surface area contributed by atoms with Crippen LogP contribution in [0.4, 0.5) is 5.69 Å². The molecule has 1 heterocycles. The van der Waals surface area contributed by atoms with Gasteiger partial charge in [-0.05, 0) is 31.0 Å². The summed E-state index contributed by atoms with van der Waals surface area (Å²) in [7, 11) is -0.633. The molecule has 0 unspecified atom stereocenters. The van der Waals surface area contributed by atoms with E-state index >= 15 is 0 Å². The molecule has 0 spiro atoms. The van der Waals surface area contributed by atoms with Gasteiger partial charge in [-0.2, -0.15) is 0 Å². The van der Waals surface area contributed by atoms with Gasteiger partial charge in [0.25, 0.3) is 0 Å². The van der Waals surface area contributed by atoms with Gasteiger partial charge in [0.1, 0.15) is 5.54 Å². The number of anilines is 1. The number of hydrogen-bond donors (Lipinski definition) is 2. The lowest BCUT2D eigenvalue weighted by Crippen LogP contribution is -2.54. The summed E-state index contributed by atoms with van der Waals surface area (Å²) in [4.78, 5) is 12.5. The molecule has 7 nitrogen and oxygen atoms in total. The number of rotatable bonds is 4. The molecule has 0 atom stereocenters. The third-order valence-electron chi connectivity index (χ3n) is 3.71. The van der Waals surface area contributed by atoms with Crippen LogP contribution in [-0.2, 0) is 19.6 Å². The number of amides is 1. The van der Waals surface area contributed by atoms with E-state index in [1.165, 1.54) is 26.2 Å². The van der Waals surface area contributed by atoms with Crippen molar-refractivity contribution in [2.24, 2.45) is 5.73 Å². The van der Waals surface area contributed by atoms with E-state index in [1.807, 2.05) is 0 Å². The fraction of sp³-hybridized carbons (Fsp3) is 0.500. The fourth-order valence-electron chi connectivity index (χ4n) is 2.16. The molecule has 1 aromatic carbocycles. The van der Waals surface area contributed by atoms with Crippen molar-refractivity contribution in [1.82, 2.24) is 4.31 Å². The number of hydrogen-bond acceptors (Lipinski definition) is 5. The first-order chi connectivity index (χ1) is 10.3. The Morgan fingerprint density at radius 3 is 2.48 bits per heavy atom. The van der Waals surface area contributed by atoms with Crippen LogP contribution < -0.4 is 11.1 Å². The average Bonchev–Trinajstić information content (AvgIpc) is 2.48. The minimum absolute atomic E-state index is 0. The summed E-state index contributed by atoms with van der Waals surface area (Å²) in [5.41, 5.74) is 5.53. The van der Waals surface area contributed by atoms with Gasteiger partial charge in [-0.1, -0.05) is 6.07 Å². The zero-order valence-electron chi connectivity index (χ0n) is 13.1. The minimum atomic E-state index is -3.54. The maximum atomic E-state index is 12.3. The van der Waals surface area contributed by atoms with Crippen molar-refractivity contribution in [3.63, 3.8) is 0 Å². The van der Waals surface area contributed by atoms with E-state index in [-0.39, 0.29) is 23.2 Å². The lowest BCUT2D eigenvalue weighted by atomic mass is 9.90. The van der Waals surface area contributed by atoms with Gasteiger partial charge in [0.05, 0.1) is 4.90 Å². The molecule has 0 aliphatic carbocycles. The lowest BCUT2D eigenvalue weighted by Gasteiger charge is -2.31. The normalized spacial score (nSPS) is 17.4. The van der Waals surface area contributed by atoms with Crippen LogP contribution >= 0.6 is 12.4 Å². The second kappa shape index (κ2) is 7.59. The molecule has 1 fully saturated rings. The van der Waals surface area contributed by atoms with Gasteiger partial charge in [0.15, 0.2) is 0 Å². The Kier molecular flexibility index (Phi) is 6.55. The van der Waals surface area contributed by atoms with Crippen LogP contribution in [0.2, 0.25) is 0 Å². The predicted molar refractivity (Wildman–Crippen MR) is 90.2 cm³/mol. The number of halogens is 1. The van der Waals surface area contributed by atoms with Crippen molar-refractivity contribution in [2.45, 2.75) is 23.3 Å². The third-order valence-corrected chi connectivity index (χ3v) is 5.52. The molecule has 1 aromatic rings. The molecule has 23 heavy (non-hydrogen) atoms. The van der Waals surface area contributed by atoms with Gasteiger partial charge < -0.3 is 15.8 Å². The van der Waals surface area contributed by atoms with Crippen LogP contribution in [-0.4, -0.2) is 51.5 Å². The first-order valence-corrected chi connectivity index (χ1v) is 8.40. The maximum absolute atomic E-state index is 12.3. The number of carbonyl (C=O) groups excluding carboxylic acids is 1. The number of nitrogens with two attached hydrogens (primary N) is 1. The number of sulfonamides is 1. The fourth-order valence-corrected chi connectivity index (χ4v) is 3.11. The zero-order valence-corrected chi connectivity index (χ0v) is 14.7. The summed E-state index contributed by atoms with van der Waals surface area (Å²) in [6, 6.07) is 6.13. The molecule has 1 saturated heterocycles. The number of nitrogens with zero attached hydrogens (tertiary/aromatic N) is 1. The molecule has 1 amide bonds. The van der Waals surface area contributed by atoms with Crippen LogP contribution in [0, 0.1) is 0 Å². The molecule has 1 aliphatic heterocycles. The molecular weight excluding hydrogens is 342 g/mol. The van der Waals surface area contributed by atoms with Crippen molar-refractivity contribution in [3.8, 4) is 0 Å². The van der Waals surface area contributed by atoms with Crippen molar-refractivity contribution in [3.05, 3.63) is 24.3 Å². The molecule has 9 heteroatoms. The summed E-state index contributed by atoms with van der Waals surface area (Å²) < 4.78 is 30.5. The third kappa shape index (κ3) is 4.42. The van der Waals surface area contributed by atoms with Crippen molar-refractivity contribution in [2.75, 3.05) is 32.6 Å². The van der Waals surface area contributed by atoms with E-state index in [9.17, 15) is 13.2 Å². The highest BCUT2D eigenvalue weighted by Gasteiger charge is 2.36. The van der Waals surface area contributed by atoms with Crippen molar-refractivity contribution >= 4 is 34.0 Å². The Hall–Kier alpha value is -1.19. The Morgan fingerprint density at radius 2 is 1.91 bits per heavy atom. The highest BCUT2D eigenvalue weighted by atomic mass is 35.5. The monoisotopic (exact) mass is 363 g/mol. The van der Waals surface area contributed by atoms with E-state index in [2.05, 4.69) is 5.32 Å². The molecule has 3 N–H and O–H groups in total. The predicted octanol–water partition coefficient (Wildman–Crippen LogP) is 0.805. The van der Waals surface area contributed by atoms with Gasteiger partial charge >= 0.3 is 0 Å². The first-order valence-electron chi connectivity index (χ1n) is 6.96. The van der Waals surface area contributed by atoms with Crippen molar-refractivity contribution < 1.29 is 17.9 Å². The minimum Gasteiger partial charge on any atom is -0.381 e. The van der Waals surface area contributed by atoms with Crippen LogP contribution in [0.5, 0.6) is 0 Å². The molecule has 0 bridgehead atoms. The molecule has 0 saturated carbocycles. The zero-order chi connectivity index (χ0) is 16.4. The van der Waals surface area contributed by atoms with Gasteiger partial charge in [0.2, 0.25) is 15.9 Å². The second-order valence-electron chi connectivity index (χ2n) is 5.54.